The van der Waals surface area contributed by atoms with Gasteiger partial charge in [-0.3, -0.25) is 14.4 Å². The van der Waals surface area contributed by atoms with E-state index in [4.69, 9.17) is 32.8 Å². The summed E-state index contributed by atoms with van der Waals surface area (Å²) in [6, 6.07) is 16.5. The molecule has 0 saturated carbocycles. The molecule has 0 bridgehead atoms. The van der Waals surface area contributed by atoms with Gasteiger partial charge in [0.2, 0.25) is 5.91 Å². The molecule has 2 aliphatic rings. The van der Waals surface area contributed by atoms with E-state index in [2.05, 4.69) is 15.9 Å². The van der Waals surface area contributed by atoms with E-state index in [0.29, 0.717) is 33.0 Å². The second-order valence-electron chi connectivity index (χ2n) is 8.05. The number of carbonyl (C=O) groups is 2. The van der Waals surface area contributed by atoms with E-state index in [9.17, 15) is 14.7 Å². The zero-order valence-corrected chi connectivity index (χ0v) is 21.4. The summed E-state index contributed by atoms with van der Waals surface area (Å²) in [5, 5.41) is 12.6. The molecule has 35 heavy (non-hydrogen) atoms. The van der Waals surface area contributed by atoms with Gasteiger partial charge in [-0.15, -0.1) is 0 Å². The van der Waals surface area contributed by atoms with Crippen molar-refractivity contribution in [1.82, 2.24) is 0 Å². The molecule has 3 aromatic carbocycles. The van der Waals surface area contributed by atoms with Crippen LogP contribution in [0.2, 0.25) is 10.0 Å². The van der Waals surface area contributed by atoms with E-state index in [1.165, 1.54) is 12.1 Å². The number of nitrogens with zero attached hydrogens (tertiary/aromatic N) is 2. The number of anilines is 2. The summed E-state index contributed by atoms with van der Waals surface area (Å²) in [6.45, 7) is 2.14. The first kappa shape index (κ1) is 23.9. The van der Waals surface area contributed by atoms with Crippen LogP contribution < -0.4 is 14.7 Å². The number of phenols is 1. The quantitative estimate of drug-likeness (QED) is 0.380. The highest BCUT2D eigenvalue weighted by atomic mass is 79.9. The van der Waals surface area contributed by atoms with Gasteiger partial charge in [0.15, 0.2) is 17.6 Å². The van der Waals surface area contributed by atoms with Crippen LogP contribution in [0.4, 0.5) is 11.4 Å². The Hall–Kier alpha value is -2.78. The summed E-state index contributed by atoms with van der Waals surface area (Å²) >= 11 is 15.6. The lowest BCUT2D eigenvalue weighted by atomic mass is 9.90. The predicted molar refractivity (Wildman–Crippen MR) is 136 cm³/mol. The Labute approximate surface area is 219 Å². The normalized spacial score (nSPS) is 21.5. The highest BCUT2D eigenvalue weighted by Gasteiger charge is 2.60. The Balaban J connectivity index is 1.62. The first-order valence-corrected chi connectivity index (χ1v) is 12.4. The average molecular weight is 578 g/mol. The van der Waals surface area contributed by atoms with Crippen LogP contribution in [0.1, 0.15) is 18.5 Å². The summed E-state index contributed by atoms with van der Waals surface area (Å²) in [6.07, 6.45) is -1.05. The molecule has 1 N–H and O–H groups in total. The van der Waals surface area contributed by atoms with E-state index in [-0.39, 0.29) is 16.5 Å². The fraction of sp³-hybridized carbons (Fsp3) is 0.200. The molecule has 0 aliphatic carbocycles. The van der Waals surface area contributed by atoms with Crippen molar-refractivity contribution in [3.63, 3.8) is 0 Å². The molecule has 2 aliphatic heterocycles. The fourth-order valence-electron chi connectivity index (χ4n) is 4.46. The predicted octanol–water partition coefficient (Wildman–Crippen LogP) is 5.91. The number of imide groups is 1. The lowest BCUT2D eigenvalue weighted by Gasteiger charge is -2.29. The molecule has 0 radical (unpaired) electrons. The molecule has 2 saturated heterocycles. The van der Waals surface area contributed by atoms with Gasteiger partial charge < -0.3 is 9.84 Å². The third-order valence-electron chi connectivity index (χ3n) is 5.98. The molecule has 10 heteroatoms. The number of aromatic hydroxyl groups is 1. The highest BCUT2D eigenvalue weighted by molar-refractivity contribution is 9.10. The lowest BCUT2D eigenvalue weighted by Crippen LogP contribution is -2.37. The molecular weight excluding hydrogens is 559 g/mol. The standard InChI is InChI=1S/C25H19BrCl2N2O5/c1-2-34-19-11-13(10-16(26)22(19)31)21-20-23(35-30(21)14-6-4-3-5-7-14)25(33)29(24(20)32)15-8-9-17(27)18(28)12-15/h3-12,20-21,23,31H,2H2,1H3/t20-,21+,23-/m0/s1. The highest BCUT2D eigenvalue weighted by Crippen LogP contribution is 2.50. The van der Waals surface area contributed by atoms with E-state index >= 15 is 0 Å². The summed E-state index contributed by atoms with van der Waals surface area (Å²) in [7, 11) is 0. The summed E-state index contributed by atoms with van der Waals surface area (Å²) < 4.78 is 6.00. The number of hydroxylamine groups is 1. The Morgan fingerprint density at radius 2 is 1.74 bits per heavy atom. The molecule has 7 nitrogen and oxygen atoms in total. The van der Waals surface area contributed by atoms with Crippen molar-refractivity contribution in [1.29, 1.82) is 0 Å². The maximum atomic E-state index is 13.7. The minimum Gasteiger partial charge on any atom is -0.503 e. The van der Waals surface area contributed by atoms with Gasteiger partial charge in [-0.25, -0.2) is 9.96 Å². The monoisotopic (exact) mass is 576 g/mol. The molecule has 2 amide bonds. The van der Waals surface area contributed by atoms with Crippen LogP contribution in [0.25, 0.3) is 0 Å². The van der Waals surface area contributed by atoms with Crippen LogP contribution in [0.5, 0.6) is 11.5 Å². The van der Waals surface area contributed by atoms with Crippen molar-refractivity contribution < 1.29 is 24.3 Å². The summed E-state index contributed by atoms with van der Waals surface area (Å²) in [5.41, 5.74) is 1.63. The molecule has 5 rings (SSSR count). The number of phenolic OH excluding ortho intramolecular Hbond substituents is 1. The molecule has 0 unspecified atom stereocenters. The summed E-state index contributed by atoms with van der Waals surface area (Å²) in [4.78, 5) is 34.4. The van der Waals surface area contributed by atoms with Crippen LogP contribution in [0.15, 0.2) is 65.1 Å². The molecule has 3 aromatic rings. The minimum atomic E-state index is -1.05. The molecule has 180 valence electrons. The van der Waals surface area contributed by atoms with Gasteiger partial charge in [-0.05, 0) is 70.9 Å². The van der Waals surface area contributed by atoms with Gasteiger partial charge in [-0.1, -0.05) is 41.4 Å². The molecular formula is C25H19BrCl2N2O5. The van der Waals surface area contributed by atoms with Crippen LogP contribution in [0, 0.1) is 5.92 Å². The van der Waals surface area contributed by atoms with Gasteiger partial charge in [-0.2, -0.15) is 0 Å². The Morgan fingerprint density at radius 3 is 2.43 bits per heavy atom. The second-order valence-corrected chi connectivity index (χ2v) is 9.72. The Morgan fingerprint density at radius 1 is 1.00 bits per heavy atom. The van der Waals surface area contributed by atoms with Crippen molar-refractivity contribution in [2.45, 2.75) is 19.1 Å². The molecule has 0 aromatic heterocycles. The summed E-state index contributed by atoms with van der Waals surface area (Å²) in [5.74, 6) is -1.58. The molecule has 2 heterocycles. The van der Waals surface area contributed by atoms with E-state index < -0.39 is 29.9 Å². The minimum absolute atomic E-state index is 0.0522. The fourth-order valence-corrected chi connectivity index (χ4v) is 5.21. The number of benzene rings is 3. The van der Waals surface area contributed by atoms with E-state index in [1.807, 2.05) is 30.3 Å². The number of rotatable bonds is 5. The van der Waals surface area contributed by atoms with Crippen molar-refractivity contribution in [3.8, 4) is 11.5 Å². The van der Waals surface area contributed by atoms with Crippen LogP contribution >= 0.6 is 39.1 Å². The molecule has 0 spiro atoms. The van der Waals surface area contributed by atoms with Crippen LogP contribution in [-0.4, -0.2) is 29.6 Å². The first-order valence-electron chi connectivity index (χ1n) is 10.8. The van der Waals surface area contributed by atoms with Gasteiger partial charge in [0, 0.05) is 0 Å². The van der Waals surface area contributed by atoms with E-state index in [0.717, 1.165) is 4.90 Å². The molecule has 3 atom stereocenters. The zero-order chi connectivity index (χ0) is 24.9. The maximum Gasteiger partial charge on any atom is 0.266 e. The number of hydrogen-bond acceptors (Lipinski definition) is 6. The maximum absolute atomic E-state index is 13.7. The number of fused-ring (bicyclic) bond motifs is 1. The number of amides is 2. The lowest BCUT2D eigenvalue weighted by molar-refractivity contribution is -0.126. The number of ether oxygens (including phenoxy) is 1. The van der Waals surface area contributed by atoms with Crippen LogP contribution in [-0.2, 0) is 14.4 Å². The number of para-hydroxylation sites is 1. The first-order chi connectivity index (χ1) is 16.8. The van der Waals surface area contributed by atoms with Crippen molar-refractivity contribution >= 4 is 62.3 Å². The second kappa shape index (κ2) is 9.35. The number of hydrogen-bond donors (Lipinski definition) is 1. The van der Waals surface area contributed by atoms with Gasteiger partial charge in [0.05, 0.1) is 38.5 Å². The zero-order valence-electron chi connectivity index (χ0n) is 18.3. The van der Waals surface area contributed by atoms with E-state index in [1.54, 1.807) is 30.2 Å². The van der Waals surface area contributed by atoms with Gasteiger partial charge >= 0.3 is 0 Å². The largest absolute Gasteiger partial charge is 0.503 e. The third kappa shape index (κ3) is 4.04. The van der Waals surface area contributed by atoms with Crippen LogP contribution in [0.3, 0.4) is 0 Å². The molecule has 2 fully saturated rings. The van der Waals surface area contributed by atoms with Gasteiger partial charge in [0.1, 0.15) is 5.92 Å². The van der Waals surface area contributed by atoms with Crippen molar-refractivity contribution in [2.75, 3.05) is 16.6 Å². The topological polar surface area (TPSA) is 79.3 Å². The van der Waals surface area contributed by atoms with Gasteiger partial charge in [0.25, 0.3) is 5.91 Å². The Kier molecular flexibility index (Phi) is 6.40. The number of halogens is 3. The average Bonchev–Trinajstić information content (AvgIpc) is 3.35. The Bertz CT molecular complexity index is 1320. The van der Waals surface area contributed by atoms with Crippen molar-refractivity contribution in [3.05, 3.63) is 80.7 Å². The SMILES string of the molecule is CCOc1cc([C@@H]2[C@@H]3C(=O)N(c4ccc(Cl)c(Cl)c4)C(=O)[C@H]3ON2c2ccccc2)cc(Br)c1O. The smallest absolute Gasteiger partial charge is 0.266 e. The third-order valence-corrected chi connectivity index (χ3v) is 7.32. The number of carbonyl (C=O) groups excluding carboxylic acids is 2. The van der Waals surface area contributed by atoms with Crippen molar-refractivity contribution in [2.24, 2.45) is 5.92 Å².